The van der Waals surface area contributed by atoms with Gasteiger partial charge in [-0.3, -0.25) is 0 Å². The highest BCUT2D eigenvalue weighted by Crippen LogP contribution is 2.24. The molecule has 0 amide bonds. The van der Waals surface area contributed by atoms with E-state index in [9.17, 15) is 4.39 Å². The summed E-state index contributed by atoms with van der Waals surface area (Å²) < 4.78 is 20.0. The molecule has 0 saturated heterocycles. The van der Waals surface area contributed by atoms with E-state index in [1.165, 1.54) is 6.26 Å². The lowest BCUT2D eigenvalue weighted by Gasteiger charge is -2.06. The van der Waals surface area contributed by atoms with Gasteiger partial charge in [0.25, 0.3) is 0 Å². The number of fused-ring (bicyclic) bond motifs is 1. The first-order chi connectivity index (χ1) is 11.0. The number of hydrogen-bond acceptors (Lipinski definition) is 5. The summed E-state index contributed by atoms with van der Waals surface area (Å²) in [5, 5.41) is 7.51. The van der Waals surface area contributed by atoms with Crippen LogP contribution in [0.3, 0.4) is 0 Å². The van der Waals surface area contributed by atoms with Gasteiger partial charge in [-0.25, -0.2) is 13.9 Å². The molecular weight excluding hydrogens is 321 g/mol. The Hall–Kier alpha value is -2.15. The molecule has 0 radical (unpaired) electrons. The van der Waals surface area contributed by atoms with Crippen LogP contribution in [0.25, 0.3) is 5.52 Å². The number of hydrogen-bond donors (Lipinski definition) is 1. The summed E-state index contributed by atoms with van der Waals surface area (Å²) in [7, 11) is 0. The molecule has 0 aliphatic rings. The summed E-state index contributed by atoms with van der Waals surface area (Å²) in [6.45, 7) is 3.88. The maximum Gasteiger partial charge on any atom is 0.243 e. The van der Waals surface area contributed by atoms with E-state index in [1.807, 2.05) is 13.0 Å². The van der Waals surface area contributed by atoms with Gasteiger partial charge in [-0.1, -0.05) is 0 Å². The van der Waals surface area contributed by atoms with Crippen molar-refractivity contribution in [3.8, 4) is 0 Å². The minimum Gasteiger partial charge on any atom is -0.447 e. The second kappa shape index (κ2) is 6.54. The van der Waals surface area contributed by atoms with Gasteiger partial charge >= 0.3 is 0 Å². The van der Waals surface area contributed by atoms with Gasteiger partial charge in [-0.2, -0.15) is 4.98 Å². The third kappa shape index (κ3) is 3.44. The van der Waals surface area contributed by atoms with Crippen molar-refractivity contribution in [2.45, 2.75) is 39.4 Å². The van der Waals surface area contributed by atoms with Crippen molar-refractivity contribution < 1.29 is 8.81 Å². The minimum atomic E-state index is -0.838. The predicted molar refractivity (Wildman–Crippen MR) is 85.5 cm³/mol. The Bertz CT molecular complexity index is 800. The Morgan fingerprint density at radius 2 is 2.30 bits per heavy atom. The second-order valence-electron chi connectivity index (χ2n) is 5.38. The zero-order chi connectivity index (χ0) is 16.4. The zero-order valence-electron chi connectivity index (χ0n) is 12.9. The molecule has 1 N–H and O–H groups in total. The zero-order valence-corrected chi connectivity index (χ0v) is 13.6. The van der Waals surface area contributed by atoms with E-state index in [0.717, 1.165) is 16.8 Å². The molecular formula is C15H17ClFN5O. The van der Waals surface area contributed by atoms with Crippen molar-refractivity contribution in [3.05, 3.63) is 41.0 Å². The molecule has 3 rings (SSSR count). The monoisotopic (exact) mass is 337 g/mol. The lowest BCUT2D eigenvalue weighted by atomic mass is 10.1. The van der Waals surface area contributed by atoms with E-state index in [-0.39, 0.29) is 5.28 Å². The number of nitrogens with one attached hydrogen (secondary N) is 1. The van der Waals surface area contributed by atoms with Crippen LogP contribution in [-0.2, 0) is 13.0 Å². The first-order valence-electron chi connectivity index (χ1n) is 7.35. The van der Waals surface area contributed by atoms with E-state index in [0.29, 0.717) is 31.1 Å². The van der Waals surface area contributed by atoms with E-state index >= 15 is 0 Å². The molecule has 1 unspecified atom stereocenters. The molecule has 1 atom stereocenters. The number of aryl methyl sites for hydroxylation is 2. The molecule has 3 heterocycles. The summed E-state index contributed by atoms with van der Waals surface area (Å²) >= 11 is 6.01. The Kier molecular flexibility index (Phi) is 4.47. The number of alkyl halides is 1. The van der Waals surface area contributed by atoms with Crippen LogP contribution in [0.4, 0.5) is 10.2 Å². The Morgan fingerprint density at radius 3 is 3.00 bits per heavy atom. The van der Waals surface area contributed by atoms with Crippen LogP contribution in [0.2, 0.25) is 5.28 Å². The number of nitrogens with zero attached hydrogens (tertiary/aromatic N) is 4. The van der Waals surface area contributed by atoms with Gasteiger partial charge in [0, 0.05) is 5.69 Å². The van der Waals surface area contributed by atoms with E-state index in [2.05, 4.69) is 20.4 Å². The molecule has 23 heavy (non-hydrogen) atoms. The largest absolute Gasteiger partial charge is 0.447 e. The number of aromatic nitrogens is 4. The molecule has 0 aliphatic carbocycles. The fourth-order valence-corrected chi connectivity index (χ4v) is 2.60. The molecule has 8 heteroatoms. The van der Waals surface area contributed by atoms with E-state index in [1.54, 1.807) is 17.6 Å². The van der Waals surface area contributed by atoms with E-state index in [4.69, 9.17) is 16.0 Å². The van der Waals surface area contributed by atoms with Crippen molar-refractivity contribution in [1.29, 1.82) is 0 Å². The normalized spacial score (nSPS) is 12.7. The highest BCUT2D eigenvalue weighted by molar-refractivity contribution is 6.28. The fourth-order valence-electron chi connectivity index (χ4n) is 2.44. The summed E-state index contributed by atoms with van der Waals surface area (Å²) in [6, 6.07) is 1.96. The van der Waals surface area contributed by atoms with Gasteiger partial charge in [0.15, 0.2) is 5.82 Å². The van der Waals surface area contributed by atoms with Crippen molar-refractivity contribution in [1.82, 2.24) is 19.6 Å². The molecule has 3 aromatic heterocycles. The number of rotatable bonds is 6. The number of oxazole rings is 1. The third-order valence-electron chi connectivity index (χ3n) is 3.65. The van der Waals surface area contributed by atoms with Crippen LogP contribution >= 0.6 is 11.6 Å². The minimum absolute atomic E-state index is 0.136. The summed E-state index contributed by atoms with van der Waals surface area (Å²) in [6.07, 6.45) is 3.37. The van der Waals surface area contributed by atoms with Gasteiger partial charge in [0.1, 0.15) is 11.8 Å². The van der Waals surface area contributed by atoms with Gasteiger partial charge in [0.2, 0.25) is 11.2 Å². The first-order valence-corrected chi connectivity index (χ1v) is 7.73. The summed E-state index contributed by atoms with van der Waals surface area (Å²) in [5.74, 6) is 1.14. The SMILES string of the molecule is Cc1c(CCC(C)F)cc2c(NCc3ncco3)nc(Cl)nn12. The Balaban J connectivity index is 1.92. The predicted octanol–water partition coefficient (Wildman–Crippen LogP) is 3.58. The molecule has 0 aromatic carbocycles. The van der Waals surface area contributed by atoms with Gasteiger partial charge in [-0.05, 0) is 49.9 Å². The molecule has 122 valence electrons. The quantitative estimate of drug-likeness (QED) is 0.744. The first kappa shape index (κ1) is 15.7. The molecule has 0 aliphatic heterocycles. The topological polar surface area (TPSA) is 68.2 Å². The molecule has 3 aromatic rings. The van der Waals surface area contributed by atoms with Crippen LogP contribution in [0.15, 0.2) is 22.9 Å². The standard InChI is InChI=1S/C15H17ClFN5O/c1-9(17)3-4-11-7-12-14(19-8-13-18-5-6-23-13)20-15(16)21-22(12)10(11)2/h5-7,9H,3-4,8H2,1-2H3,(H,19,20,21). The van der Waals surface area contributed by atoms with Gasteiger partial charge in [-0.15, -0.1) is 5.10 Å². The Morgan fingerprint density at radius 1 is 1.48 bits per heavy atom. The average molecular weight is 338 g/mol. The average Bonchev–Trinajstić information content (AvgIpc) is 3.12. The third-order valence-corrected chi connectivity index (χ3v) is 3.81. The fraction of sp³-hybridized carbons (Fsp3) is 0.400. The molecule has 0 saturated carbocycles. The lowest BCUT2D eigenvalue weighted by molar-refractivity contribution is 0.341. The smallest absolute Gasteiger partial charge is 0.243 e. The van der Waals surface area contributed by atoms with Gasteiger partial charge in [0.05, 0.1) is 18.9 Å². The van der Waals surface area contributed by atoms with Crippen molar-refractivity contribution in [2.24, 2.45) is 0 Å². The molecule has 0 spiro atoms. The molecule has 6 nitrogen and oxygen atoms in total. The van der Waals surface area contributed by atoms with Crippen molar-refractivity contribution in [2.75, 3.05) is 5.32 Å². The van der Waals surface area contributed by atoms with Gasteiger partial charge < -0.3 is 9.73 Å². The van der Waals surface area contributed by atoms with Crippen molar-refractivity contribution in [3.63, 3.8) is 0 Å². The van der Waals surface area contributed by atoms with E-state index < -0.39 is 6.17 Å². The summed E-state index contributed by atoms with van der Waals surface area (Å²) in [5.41, 5.74) is 2.76. The summed E-state index contributed by atoms with van der Waals surface area (Å²) in [4.78, 5) is 8.28. The van der Waals surface area contributed by atoms with Crippen LogP contribution in [0, 0.1) is 6.92 Å². The second-order valence-corrected chi connectivity index (χ2v) is 5.72. The Labute approximate surface area is 137 Å². The molecule has 0 fully saturated rings. The maximum absolute atomic E-state index is 13.1. The van der Waals surface area contributed by atoms with Crippen LogP contribution < -0.4 is 5.32 Å². The highest BCUT2D eigenvalue weighted by atomic mass is 35.5. The van der Waals surface area contributed by atoms with Crippen LogP contribution in [0.5, 0.6) is 0 Å². The lowest BCUT2D eigenvalue weighted by Crippen LogP contribution is -2.06. The van der Waals surface area contributed by atoms with Crippen LogP contribution in [0.1, 0.15) is 30.5 Å². The maximum atomic E-state index is 13.1. The van der Waals surface area contributed by atoms with Crippen molar-refractivity contribution >= 4 is 22.9 Å². The number of halogens is 2. The molecule has 0 bridgehead atoms. The van der Waals surface area contributed by atoms with Crippen LogP contribution in [-0.4, -0.2) is 25.8 Å². The highest BCUT2D eigenvalue weighted by Gasteiger charge is 2.14. The number of anilines is 1.